The second kappa shape index (κ2) is 7.83. The van der Waals surface area contributed by atoms with Crippen LogP contribution in [0.2, 0.25) is 0 Å². The van der Waals surface area contributed by atoms with Crippen LogP contribution in [-0.2, 0) is 16.8 Å². The first-order chi connectivity index (χ1) is 16.5. The highest BCUT2D eigenvalue weighted by Gasteiger charge is 2.51. The normalized spacial score (nSPS) is 20.7. The number of hydrogen-bond acceptors (Lipinski definition) is 5. The predicted molar refractivity (Wildman–Crippen MR) is 127 cm³/mol. The Hall–Kier alpha value is -3.88. The van der Waals surface area contributed by atoms with Gasteiger partial charge in [0.25, 0.3) is 5.91 Å². The van der Waals surface area contributed by atoms with E-state index in [1.165, 1.54) is 6.07 Å². The molecule has 0 spiro atoms. The summed E-state index contributed by atoms with van der Waals surface area (Å²) in [4.78, 5) is 35.8. The number of likely N-dealkylation sites (tertiary alicyclic amines) is 1. The van der Waals surface area contributed by atoms with Gasteiger partial charge in [0, 0.05) is 18.3 Å². The van der Waals surface area contributed by atoms with Crippen LogP contribution in [0.5, 0.6) is 0 Å². The molecule has 1 saturated heterocycles. The Morgan fingerprint density at radius 3 is 2.23 bits per heavy atom. The van der Waals surface area contributed by atoms with Gasteiger partial charge in [-0.2, -0.15) is 0 Å². The molecule has 2 amide bonds. The number of aromatic nitrogens is 2. The third-order valence-electron chi connectivity index (χ3n) is 7.07. The monoisotopic (exact) mass is 477 g/mol. The van der Waals surface area contributed by atoms with Crippen LogP contribution in [0, 0.1) is 11.6 Å². The number of nitrogens with zero attached hydrogens (tertiary/aromatic N) is 3. The number of nitrogens with one attached hydrogen (secondary N) is 2. The van der Waals surface area contributed by atoms with Gasteiger partial charge in [-0.1, -0.05) is 18.2 Å². The van der Waals surface area contributed by atoms with Crippen LogP contribution in [-0.4, -0.2) is 39.3 Å². The van der Waals surface area contributed by atoms with E-state index >= 15 is 0 Å². The highest BCUT2D eigenvalue weighted by molar-refractivity contribution is 6.03. The van der Waals surface area contributed by atoms with Crippen LogP contribution in [0.25, 0.3) is 11.4 Å². The molecule has 0 saturated carbocycles. The molecule has 0 unspecified atom stereocenters. The predicted octanol–water partition coefficient (Wildman–Crippen LogP) is 4.31. The van der Waals surface area contributed by atoms with Gasteiger partial charge in [-0.05, 0) is 57.0 Å². The van der Waals surface area contributed by atoms with Crippen molar-refractivity contribution >= 4 is 23.3 Å². The third-order valence-corrected chi connectivity index (χ3v) is 7.07. The molecule has 1 atom stereocenters. The summed E-state index contributed by atoms with van der Waals surface area (Å²) in [6.07, 6.45) is 0.680. The van der Waals surface area contributed by atoms with Gasteiger partial charge in [-0.15, -0.1) is 0 Å². The van der Waals surface area contributed by atoms with Crippen LogP contribution in [0.1, 0.15) is 48.8 Å². The molecule has 3 heterocycles. The minimum atomic E-state index is -0.792. The summed E-state index contributed by atoms with van der Waals surface area (Å²) in [5.74, 6) is -1.89. The number of carbonyl (C=O) groups excluding carboxylic acids is 2. The van der Waals surface area contributed by atoms with Crippen molar-refractivity contribution in [3.63, 3.8) is 0 Å². The Morgan fingerprint density at radius 2 is 1.63 bits per heavy atom. The van der Waals surface area contributed by atoms with Crippen molar-refractivity contribution in [1.82, 2.24) is 20.2 Å². The molecule has 180 valence electrons. The average molecular weight is 478 g/mol. The number of amides is 2. The number of benzene rings is 2. The quantitative estimate of drug-likeness (QED) is 0.585. The number of hydrogen-bond donors (Lipinski definition) is 2. The van der Waals surface area contributed by atoms with Crippen molar-refractivity contribution in [2.24, 2.45) is 0 Å². The summed E-state index contributed by atoms with van der Waals surface area (Å²) in [7, 11) is 1.82. The molecule has 0 aliphatic carbocycles. The fraction of sp³-hybridized carbons (Fsp3) is 0.308. The van der Waals surface area contributed by atoms with Crippen LogP contribution in [0.15, 0.2) is 42.5 Å². The third kappa shape index (κ3) is 3.62. The molecule has 2 aliphatic rings. The molecule has 1 fully saturated rings. The molecule has 2 aliphatic heterocycles. The zero-order valence-corrected chi connectivity index (χ0v) is 19.9. The molecular formula is C26H25F2N5O2. The molecule has 7 nitrogen and oxygen atoms in total. The molecular weight excluding hydrogens is 452 g/mol. The standard InChI is InChI=1S/C26H25F2N5O2/c1-25(2)13-26(3,24(35)33(25)4)14-8-10-15(11-9-14)30-22-20-18(12-29-23(20)34)31-21(32-22)19-16(27)6-5-7-17(19)28/h5-11H,12-13H2,1-4H3,(H,29,34)(H,30,31,32)/t26-/m1/s1. The maximum atomic E-state index is 14.4. The summed E-state index contributed by atoms with van der Waals surface area (Å²) in [6.45, 7) is 6.17. The second-order valence-corrected chi connectivity index (χ2v) is 9.88. The highest BCUT2D eigenvalue weighted by Crippen LogP contribution is 2.44. The highest BCUT2D eigenvalue weighted by atomic mass is 19.1. The van der Waals surface area contributed by atoms with E-state index in [0.717, 1.165) is 17.7 Å². The van der Waals surface area contributed by atoms with E-state index in [4.69, 9.17) is 0 Å². The minimum Gasteiger partial charge on any atom is -0.346 e. The summed E-state index contributed by atoms with van der Waals surface area (Å²) in [6, 6.07) is 10.9. The zero-order chi connectivity index (χ0) is 25.1. The van der Waals surface area contributed by atoms with Crippen molar-refractivity contribution in [3.8, 4) is 11.4 Å². The fourth-order valence-electron chi connectivity index (χ4n) is 5.03. The first-order valence-corrected chi connectivity index (χ1v) is 11.3. The van der Waals surface area contributed by atoms with Crippen LogP contribution in [0.4, 0.5) is 20.3 Å². The largest absolute Gasteiger partial charge is 0.346 e. The molecule has 0 radical (unpaired) electrons. The summed E-state index contributed by atoms with van der Waals surface area (Å²) >= 11 is 0. The maximum Gasteiger partial charge on any atom is 0.257 e. The molecule has 3 aromatic rings. The van der Waals surface area contributed by atoms with E-state index in [1.807, 2.05) is 40.0 Å². The van der Waals surface area contributed by atoms with Crippen molar-refractivity contribution in [3.05, 3.63) is 70.9 Å². The Balaban J connectivity index is 1.51. The number of fused-ring (bicyclic) bond motifs is 1. The number of carbonyl (C=O) groups is 2. The zero-order valence-electron chi connectivity index (χ0n) is 19.9. The Kier molecular flexibility index (Phi) is 5.12. The second-order valence-electron chi connectivity index (χ2n) is 9.88. The van der Waals surface area contributed by atoms with Crippen molar-refractivity contribution in [1.29, 1.82) is 0 Å². The van der Waals surface area contributed by atoms with Crippen LogP contribution in [0.3, 0.4) is 0 Å². The van der Waals surface area contributed by atoms with Crippen molar-refractivity contribution in [2.75, 3.05) is 12.4 Å². The van der Waals surface area contributed by atoms with Crippen molar-refractivity contribution in [2.45, 2.75) is 44.7 Å². The van der Waals surface area contributed by atoms with Gasteiger partial charge in [0.2, 0.25) is 5.91 Å². The average Bonchev–Trinajstić information content (AvgIpc) is 3.25. The molecule has 2 N–H and O–H groups in total. The van der Waals surface area contributed by atoms with E-state index in [2.05, 4.69) is 20.6 Å². The topological polar surface area (TPSA) is 87.2 Å². The van der Waals surface area contributed by atoms with E-state index in [0.29, 0.717) is 17.8 Å². The first kappa shape index (κ1) is 22.9. The lowest BCUT2D eigenvalue weighted by Gasteiger charge is -2.26. The Labute approximate surface area is 201 Å². The van der Waals surface area contributed by atoms with Crippen molar-refractivity contribution < 1.29 is 18.4 Å². The minimum absolute atomic E-state index is 0.0602. The van der Waals surface area contributed by atoms with E-state index in [9.17, 15) is 18.4 Å². The van der Waals surface area contributed by atoms with Gasteiger partial charge in [0.1, 0.15) is 23.0 Å². The molecule has 2 aromatic carbocycles. The lowest BCUT2D eigenvalue weighted by molar-refractivity contribution is -0.132. The first-order valence-electron chi connectivity index (χ1n) is 11.3. The lowest BCUT2D eigenvalue weighted by atomic mass is 9.77. The molecule has 9 heteroatoms. The molecule has 0 bridgehead atoms. The van der Waals surface area contributed by atoms with Gasteiger partial charge in [0.05, 0.1) is 23.2 Å². The SMILES string of the molecule is CN1C(=O)[C@@](C)(c2ccc(Nc3nc(-c4c(F)cccc4F)nc4c3C(=O)NC4)cc2)CC1(C)C. The summed E-state index contributed by atoms with van der Waals surface area (Å²) in [5, 5.41) is 5.77. The number of likely N-dealkylation sites (N-methyl/N-ethyl adjacent to an activating group) is 1. The van der Waals surface area contributed by atoms with Gasteiger partial charge < -0.3 is 15.5 Å². The Bertz CT molecular complexity index is 1350. The molecule has 5 rings (SSSR count). The van der Waals surface area contributed by atoms with E-state index < -0.39 is 17.0 Å². The van der Waals surface area contributed by atoms with Gasteiger partial charge in [0.15, 0.2) is 5.82 Å². The van der Waals surface area contributed by atoms with Gasteiger partial charge >= 0.3 is 0 Å². The van der Waals surface area contributed by atoms with E-state index in [1.54, 1.807) is 17.0 Å². The van der Waals surface area contributed by atoms with E-state index in [-0.39, 0.29) is 46.7 Å². The number of rotatable bonds is 4. The van der Waals surface area contributed by atoms with Crippen LogP contribution >= 0.6 is 0 Å². The maximum absolute atomic E-state index is 14.4. The molecule has 1 aromatic heterocycles. The number of anilines is 2. The van der Waals surface area contributed by atoms with Gasteiger partial charge in [-0.25, -0.2) is 18.7 Å². The van der Waals surface area contributed by atoms with Gasteiger partial charge in [-0.3, -0.25) is 9.59 Å². The Morgan fingerprint density at radius 1 is 0.971 bits per heavy atom. The molecule has 35 heavy (non-hydrogen) atoms. The smallest absolute Gasteiger partial charge is 0.257 e. The number of halogens is 2. The fourth-order valence-corrected chi connectivity index (χ4v) is 5.03. The summed E-state index contributed by atoms with van der Waals surface area (Å²) in [5.41, 5.74) is 0.818. The van der Waals surface area contributed by atoms with Crippen LogP contribution < -0.4 is 10.6 Å². The lowest BCUT2D eigenvalue weighted by Crippen LogP contribution is -2.38. The summed E-state index contributed by atoms with van der Waals surface area (Å²) < 4.78 is 28.8.